The smallest absolute Gasteiger partial charge is 0.284 e. The van der Waals surface area contributed by atoms with Crippen LogP contribution in [0.15, 0.2) is 24.7 Å². The van der Waals surface area contributed by atoms with Gasteiger partial charge in [-0.3, -0.25) is 9.48 Å². The molecule has 2 fully saturated rings. The van der Waals surface area contributed by atoms with E-state index >= 15 is 0 Å². The maximum atomic E-state index is 14.1. The second-order valence-electron chi connectivity index (χ2n) is 9.65. The van der Waals surface area contributed by atoms with Gasteiger partial charge in [-0.25, -0.2) is 27.1 Å². The zero-order chi connectivity index (χ0) is 26.3. The molecule has 0 aromatic carbocycles. The number of amides is 1. The largest absolute Gasteiger partial charge is 0.349 e. The average molecular weight is 519 g/mol. The van der Waals surface area contributed by atoms with Gasteiger partial charge in [0, 0.05) is 37.3 Å². The van der Waals surface area contributed by atoms with E-state index in [9.17, 15) is 22.4 Å². The Morgan fingerprint density at radius 1 is 1.27 bits per heavy atom. The summed E-state index contributed by atoms with van der Waals surface area (Å²) in [7, 11) is 0. The molecule has 3 aromatic rings. The third-order valence-electron chi connectivity index (χ3n) is 6.88. The number of halogens is 4. The highest BCUT2D eigenvalue weighted by atomic mass is 19.3. The minimum atomic E-state index is -2.97. The predicted octanol–water partition coefficient (Wildman–Crippen LogP) is 3.65. The number of terminal acetylenes is 1. The average Bonchev–Trinajstić information content (AvgIpc) is 3.47. The number of anilines is 2. The van der Waals surface area contributed by atoms with Crippen LogP contribution in [0.1, 0.15) is 60.6 Å². The van der Waals surface area contributed by atoms with Crippen molar-refractivity contribution in [2.24, 2.45) is 11.7 Å². The van der Waals surface area contributed by atoms with Crippen LogP contribution in [0.2, 0.25) is 0 Å². The van der Waals surface area contributed by atoms with Crippen LogP contribution in [0.4, 0.5) is 29.1 Å². The maximum Gasteiger partial charge on any atom is 0.284 e. The summed E-state index contributed by atoms with van der Waals surface area (Å²) in [5.41, 5.74) is 5.23. The molecule has 5 rings (SSSR count). The lowest BCUT2D eigenvalue weighted by atomic mass is 9.87. The number of carbonyl (C=O) groups excluding carboxylic acids is 1. The summed E-state index contributed by atoms with van der Waals surface area (Å²) >= 11 is 0. The van der Waals surface area contributed by atoms with Gasteiger partial charge in [-0.1, -0.05) is 0 Å². The minimum absolute atomic E-state index is 0.00240. The van der Waals surface area contributed by atoms with Crippen molar-refractivity contribution in [3.63, 3.8) is 0 Å². The van der Waals surface area contributed by atoms with Crippen LogP contribution in [0, 0.1) is 18.3 Å². The van der Waals surface area contributed by atoms with Gasteiger partial charge >= 0.3 is 0 Å². The fourth-order valence-corrected chi connectivity index (χ4v) is 5.06. The molecule has 1 atom stereocenters. The lowest BCUT2D eigenvalue weighted by molar-refractivity contribution is -0.0174. The number of alkyl halides is 4. The Morgan fingerprint density at radius 2 is 2.03 bits per heavy atom. The molecule has 0 radical (unpaired) electrons. The van der Waals surface area contributed by atoms with Crippen molar-refractivity contribution in [1.82, 2.24) is 24.4 Å². The van der Waals surface area contributed by atoms with Crippen molar-refractivity contribution >= 4 is 23.1 Å². The Labute approximate surface area is 210 Å². The van der Waals surface area contributed by atoms with E-state index in [-0.39, 0.29) is 41.2 Å². The SMILES string of the molecule is C#CC1CCC(n2cc(NC(=O)c3cnn4ccc(N5C[C@H](N)CC(F)(F)C5)nc34)c(C(F)F)n2)CC1. The topological polar surface area (TPSA) is 106 Å². The zero-order valence-electron chi connectivity index (χ0n) is 19.8. The number of hydrogen-bond donors (Lipinski definition) is 2. The Hall–Kier alpha value is -3.66. The van der Waals surface area contributed by atoms with Crippen molar-refractivity contribution in [2.45, 2.75) is 56.5 Å². The lowest BCUT2D eigenvalue weighted by Crippen LogP contribution is -2.52. The highest BCUT2D eigenvalue weighted by Gasteiger charge is 2.39. The van der Waals surface area contributed by atoms with Gasteiger partial charge in [-0.15, -0.1) is 12.3 Å². The van der Waals surface area contributed by atoms with Crippen molar-refractivity contribution in [1.29, 1.82) is 0 Å². The number of fused-ring (bicyclic) bond motifs is 1. The molecule has 1 saturated carbocycles. The molecule has 1 saturated heterocycles. The molecule has 3 N–H and O–H groups in total. The molecule has 2 aliphatic rings. The van der Waals surface area contributed by atoms with Gasteiger partial charge in [-0.05, 0) is 31.7 Å². The number of nitrogens with one attached hydrogen (secondary N) is 1. The molecule has 1 amide bonds. The number of carbonyl (C=O) groups is 1. The van der Waals surface area contributed by atoms with Crippen molar-refractivity contribution in [2.75, 3.05) is 23.3 Å². The van der Waals surface area contributed by atoms with Crippen molar-refractivity contribution in [3.05, 3.63) is 35.9 Å². The second-order valence-corrected chi connectivity index (χ2v) is 9.65. The summed E-state index contributed by atoms with van der Waals surface area (Å²) in [5.74, 6) is -0.592. The first-order valence-corrected chi connectivity index (χ1v) is 12.0. The Bertz CT molecular complexity index is 1340. The third-order valence-corrected chi connectivity index (χ3v) is 6.88. The second kappa shape index (κ2) is 9.66. The van der Waals surface area contributed by atoms with E-state index in [1.165, 1.54) is 38.8 Å². The van der Waals surface area contributed by atoms with Crippen LogP contribution < -0.4 is 16.0 Å². The molecule has 0 unspecified atom stereocenters. The minimum Gasteiger partial charge on any atom is -0.349 e. The number of hydrogen-bond acceptors (Lipinski definition) is 6. The van der Waals surface area contributed by atoms with E-state index in [0.29, 0.717) is 12.8 Å². The Morgan fingerprint density at radius 3 is 2.70 bits per heavy atom. The summed E-state index contributed by atoms with van der Waals surface area (Å²) in [5, 5.41) is 10.6. The summed E-state index contributed by atoms with van der Waals surface area (Å²) in [6, 6.07) is 0.673. The molecule has 0 bridgehead atoms. The summed E-state index contributed by atoms with van der Waals surface area (Å²) < 4.78 is 58.4. The standard InChI is InChI=1S/C24H26F4N8O/c1-2-14-3-5-16(6-4-14)36-12-18(20(33-36)21(25)26)31-23(37)17-10-30-35-8-7-19(32-22(17)35)34-11-15(29)9-24(27,28)13-34/h1,7-8,10,12,14-16,21H,3-6,9,11,13,29H2,(H,31,37)/t14?,15-,16?/m1/s1. The van der Waals surface area contributed by atoms with Crippen LogP contribution in [-0.4, -0.2) is 55.3 Å². The van der Waals surface area contributed by atoms with Crippen molar-refractivity contribution < 1.29 is 22.4 Å². The molecule has 37 heavy (non-hydrogen) atoms. The van der Waals surface area contributed by atoms with E-state index in [1.54, 1.807) is 0 Å². The van der Waals surface area contributed by atoms with Crippen molar-refractivity contribution in [3.8, 4) is 12.3 Å². The van der Waals surface area contributed by atoms with Gasteiger partial charge in [0.15, 0.2) is 11.3 Å². The molecular formula is C24H26F4N8O. The van der Waals surface area contributed by atoms with E-state index in [2.05, 4.69) is 26.4 Å². The van der Waals surface area contributed by atoms with Gasteiger partial charge in [0.2, 0.25) is 0 Å². The predicted molar refractivity (Wildman–Crippen MR) is 128 cm³/mol. The first-order chi connectivity index (χ1) is 17.6. The molecule has 0 spiro atoms. The summed E-state index contributed by atoms with van der Waals surface area (Å²) in [6.07, 6.45) is 9.25. The third kappa shape index (κ3) is 5.11. The first kappa shape index (κ1) is 25.0. The van der Waals surface area contributed by atoms with Crippen LogP contribution in [0.3, 0.4) is 0 Å². The summed E-state index contributed by atoms with van der Waals surface area (Å²) in [4.78, 5) is 18.8. The monoisotopic (exact) mass is 518 g/mol. The van der Waals surface area contributed by atoms with Gasteiger partial charge in [0.05, 0.1) is 24.5 Å². The molecule has 4 heterocycles. The van der Waals surface area contributed by atoms with E-state index in [1.807, 2.05) is 0 Å². The summed E-state index contributed by atoms with van der Waals surface area (Å²) in [6.45, 7) is -0.381. The van der Waals surface area contributed by atoms with Crippen LogP contribution in [0.25, 0.3) is 5.65 Å². The number of nitrogens with zero attached hydrogens (tertiary/aromatic N) is 6. The zero-order valence-corrected chi connectivity index (χ0v) is 19.8. The fraction of sp³-hybridized carbons (Fsp3) is 0.500. The van der Waals surface area contributed by atoms with Gasteiger partial charge in [-0.2, -0.15) is 10.2 Å². The highest BCUT2D eigenvalue weighted by Crippen LogP contribution is 2.35. The Balaban J connectivity index is 1.39. The number of rotatable bonds is 5. The Kier molecular flexibility index (Phi) is 6.53. The van der Waals surface area contributed by atoms with Crippen LogP contribution in [-0.2, 0) is 0 Å². The molecule has 1 aliphatic carbocycles. The number of piperidine rings is 1. The van der Waals surface area contributed by atoms with Gasteiger partial charge < -0.3 is 16.0 Å². The van der Waals surface area contributed by atoms with Crippen LogP contribution >= 0.6 is 0 Å². The van der Waals surface area contributed by atoms with E-state index in [4.69, 9.17) is 12.2 Å². The number of nitrogens with two attached hydrogens (primary N) is 1. The van der Waals surface area contributed by atoms with Crippen LogP contribution in [0.5, 0.6) is 0 Å². The highest BCUT2D eigenvalue weighted by molar-refractivity contribution is 6.08. The lowest BCUT2D eigenvalue weighted by Gasteiger charge is -2.36. The van der Waals surface area contributed by atoms with Gasteiger partial charge in [0.1, 0.15) is 11.4 Å². The van der Waals surface area contributed by atoms with Gasteiger partial charge in [0.25, 0.3) is 18.3 Å². The molecule has 9 nitrogen and oxygen atoms in total. The quantitative estimate of drug-likeness (QED) is 0.395. The van der Waals surface area contributed by atoms with E-state index < -0.39 is 43.0 Å². The van der Waals surface area contributed by atoms with E-state index in [0.717, 1.165) is 12.8 Å². The molecule has 13 heteroatoms. The first-order valence-electron chi connectivity index (χ1n) is 12.0. The number of aromatic nitrogens is 5. The normalized spacial score (nSPS) is 23.8. The molecule has 3 aromatic heterocycles. The maximum absolute atomic E-state index is 14.1. The molecular weight excluding hydrogens is 492 g/mol. The molecule has 1 aliphatic heterocycles. The fourth-order valence-electron chi connectivity index (χ4n) is 5.06. The molecule has 196 valence electrons.